The number of benzene rings is 1. The summed E-state index contributed by atoms with van der Waals surface area (Å²) in [6, 6.07) is 5.50. The summed E-state index contributed by atoms with van der Waals surface area (Å²) in [5, 5.41) is 0.0815. The van der Waals surface area contributed by atoms with Crippen LogP contribution in [0.1, 0.15) is 38.3 Å². The second kappa shape index (κ2) is 6.87. The molecule has 3 rings (SSSR count). The van der Waals surface area contributed by atoms with Gasteiger partial charge in [-0.25, -0.2) is 4.79 Å². The number of halogens is 3. The fraction of sp³-hybridized carbons (Fsp3) is 0.400. The van der Waals surface area contributed by atoms with Crippen LogP contribution in [0.4, 0.5) is 18.0 Å². The van der Waals surface area contributed by atoms with Gasteiger partial charge in [0, 0.05) is 30.2 Å². The van der Waals surface area contributed by atoms with E-state index in [1.807, 2.05) is 6.08 Å². The highest BCUT2D eigenvalue weighted by atomic mass is 19.4. The van der Waals surface area contributed by atoms with Crippen LogP contribution in [0.5, 0.6) is 0 Å². The van der Waals surface area contributed by atoms with E-state index in [0.29, 0.717) is 30.6 Å². The lowest BCUT2D eigenvalue weighted by molar-refractivity contribution is -0.136. The van der Waals surface area contributed by atoms with Crippen molar-refractivity contribution >= 4 is 22.6 Å². The standard InChI is InChI=1S/C20H21F3N2O2/c1-19(2,3)27-18(26)25-11-8-13(9-12-25)14-6-7-16(20(21,22)23)15-5-4-10-24-17(14)15/h4-8,10H,9,11-12H2,1-3H3. The van der Waals surface area contributed by atoms with Crippen LogP contribution in [0.25, 0.3) is 16.5 Å². The Morgan fingerprint density at radius 1 is 1.19 bits per heavy atom. The lowest BCUT2D eigenvalue weighted by Crippen LogP contribution is -2.39. The minimum atomic E-state index is -4.44. The van der Waals surface area contributed by atoms with Crippen molar-refractivity contribution in [2.45, 2.75) is 39.0 Å². The number of amides is 1. The maximum atomic E-state index is 13.3. The Morgan fingerprint density at radius 2 is 1.93 bits per heavy atom. The number of hydrogen-bond acceptors (Lipinski definition) is 3. The molecule has 0 saturated heterocycles. The first-order valence-electron chi connectivity index (χ1n) is 8.68. The van der Waals surface area contributed by atoms with Crippen LogP contribution in [0.3, 0.4) is 0 Å². The van der Waals surface area contributed by atoms with Gasteiger partial charge in [0.05, 0.1) is 11.1 Å². The highest BCUT2D eigenvalue weighted by molar-refractivity contribution is 5.93. The Labute approximate surface area is 155 Å². The second-order valence-electron chi connectivity index (χ2n) is 7.46. The van der Waals surface area contributed by atoms with E-state index < -0.39 is 23.4 Å². The zero-order valence-electron chi connectivity index (χ0n) is 15.4. The predicted molar refractivity (Wildman–Crippen MR) is 97.1 cm³/mol. The van der Waals surface area contributed by atoms with E-state index in [1.165, 1.54) is 24.4 Å². The molecule has 0 saturated carbocycles. The van der Waals surface area contributed by atoms with Gasteiger partial charge in [-0.3, -0.25) is 4.98 Å². The summed E-state index contributed by atoms with van der Waals surface area (Å²) in [4.78, 5) is 17.9. The van der Waals surface area contributed by atoms with E-state index in [1.54, 1.807) is 25.7 Å². The number of carbonyl (C=O) groups is 1. The molecule has 0 aliphatic carbocycles. The van der Waals surface area contributed by atoms with Crippen molar-refractivity contribution in [3.05, 3.63) is 47.7 Å². The smallest absolute Gasteiger partial charge is 0.417 e. The highest BCUT2D eigenvalue weighted by Gasteiger charge is 2.33. The first kappa shape index (κ1) is 19.2. The summed E-state index contributed by atoms with van der Waals surface area (Å²) in [7, 11) is 0. The quantitative estimate of drug-likeness (QED) is 0.678. The molecule has 1 aliphatic rings. The van der Waals surface area contributed by atoms with Crippen LogP contribution in [0.2, 0.25) is 0 Å². The maximum absolute atomic E-state index is 13.3. The third kappa shape index (κ3) is 4.23. The summed E-state index contributed by atoms with van der Waals surface area (Å²) in [6.07, 6.45) is -0.968. The Hall–Kier alpha value is -2.57. The molecule has 1 aliphatic heterocycles. The Balaban J connectivity index is 1.90. The van der Waals surface area contributed by atoms with Crippen LogP contribution in [-0.4, -0.2) is 34.7 Å². The lowest BCUT2D eigenvalue weighted by Gasteiger charge is -2.29. The van der Waals surface area contributed by atoms with E-state index in [-0.39, 0.29) is 5.39 Å². The van der Waals surface area contributed by atoms with Gasteiger partial charge in [-0.05, 0) is 44.9 Å². The van der Waals surface area contributed by atoms with E-state index in [4.69, 9.17) is 4.74 Å². The SMILES string of the molecule is CC(C)(C)OC(=O)N1CC=C(c2ccc(C(F)(F)F)c3cccnc23)CC1. The van der Waals surface area contributed by atoms with Crippen molar-refractivity contribution in [2.24, 2.45) is 0 Å². The predicted octanol–water partition coefficient (Wildman–Crippen LogP) is 5.28. The number of aromatic nitrogens is 1. The molecule has 0 atom stereocenters. The maximum Gasteiger partial charge on any atom is 0.417 e. The van der Waals surface area contributed by atoms with Crippen molar-refractivity contribution < 1.29 is 22.7 Å². The van der Waals surface area contributed by atoms with E-state index in [9.17, 15) is 18.0 Å². The van der Waals surface area contributed by atoms with Gasteiger partial charge in [0.15, 0.2) is 0 Å². The van der Waals surface area contributed by atoms with Crippen molar-refractivity contribution in [1.29, 1.82) is 0 Å². The van der Waals surface area contributed by atoms with E-state index >= 15 is 0 Å². The number of hydrogen-bond donors (Lipinski definition) is 0. The summed E-state index contributed by atoms with van der Waals surface area (Å²) < 4.78 is 45.2. The molecule has 1 amide bonds. The number of pyridine rings is 1. The molecule has 1 aromatic carbocycles. The van der Waals surface area contributed by atoms with Gasteiger partial charge < -0.3 is 9.64 Å². The Bertz CT molecular complexity index is 898. The third-order valence-electron chi connectivity index (χ3n) is 4.28. The van der Waals surface area contributed by atoms with Crippen molar-refractivity contribution in [3.8, 4) is 0 Å². The number of alkyl halides is 3. The van der Waals surface area contributed by atoms with Gasteiger partial charge in [0.25, 0.3) is 0 Å². The average molecular weight is 378 g/mol. The second-order valence-corrected chi connectivity index (χ2v) is 7.46. The van der Waals surface area contributed by atoms with Gasteiger partial charge in [-0.2, -0.15) is 13.2 Å². The molecule has 144 valence electrons. The zero-order chi connectivity index (χ0) is 19.8. The zero-order valence-corrected chi connectivity index (χ0v) is 15.4. The van der Waals surface area contributed by atoms with Gasteiger partial charge in [-0.1, -0.05) is 18.2 Å². The number of ether oxygens (including phenoxy) is 1. The van der Waals surface area contributed by atoms with Crippen LogP contribution in [-0.2, 0) is 10.9 Å². The highest BCUT2D eigenvalue weighted by Crippen LogP contribution is 2.37. The fourth-order valence-electron chi connectivity index (χ4n) is 3.09. The lowest BCUT2D eigenvalue weighted by atomic mass is 9.94. The first-order chi connectivity index (χ1) is 12.6. The molecule has 0 fully saturated rings. The summed E-state index contributed by atoms with van der Waals surface area (Å²) in [5.41, 5.74) is 0.606. The molecular weight excluding hydrogens is 357 g/mol. The topological polar surface area (TPSA) is 42.4 Å². The Kier molecular flexibility index (Phi) is 4.88. The summed E-state index contributed by atoms with van der Waals surface area (Å²) in [5.74, 6) is 0. The Morgan fingerprint density at radius 3 is 2.52 bits per heavy atom. The number of rotatable bonds is 1. The van der Waals surface area contributed by atoms with Crippen LogP contribution in [0, 0.1) is 0 Å². The monoisotopic (exact) mass is 378 g/mol. The average Bonchev–Trinajstić information content (AvgIpc) is 2.58. The van der Waals surface area contributed by atoms with E-state index in [0.717, 1.165) is 11.6 Å². The minimum absolute atomic E-state index is 0.0815. The molecule has 0 spiro atoms. The van der Waals surface area contributed by atoms with Gasteiger partial charge in [-0.15, -0.1) is 0 Å². The van der Waals surface area contributed by atoms with Crippen LogP contribution >= 0.6 is 0 Å². The fourth-order valence-corrected chi connectivity index (χ4v) is 3.09. The van der Waals surface area contributed by atoms with Gasteiger partial charge >= 0.3 is 12.3 Å². The van der Waals surface area contributed by atoms with Gasteiger partial charge in [0.2, 0.25) is 0 Å². The number of fused-ring (bicyclic) bond motifs is 1. The molecule has 0 unspecified atom stereocenters. The summed E-state index contributed by atoms with van der Waals surface area (Å²) in [6.45, 7) is 6.19. The number of carbonyl (C=O) groups excluding carboxylic acids is 1. The molecule has 1 aromatic heterocycles. The van der Waals surface area contributed by atoms with E-state index in [2.05, 4.69) is 4.98 Å². The van der Waals surface area contributed by atoms with Crippen molar-refractivity contribution in [3.63, 3.8) is 0 Å². The van der Waals surface area contributed by atoms with Crippen LogP contribution < -0.4 is 0 Å². The molecule has 27 heavy (non-hydrogen) atoms. The molecule has 2 aromatic rings. The largest absolute Gasteiger partial charge is 0.444 e. The molecule has 0 radical (unpaired) electrons. The molecule has 7 heteroatoms. The molecule has 2 heterocycles. The van der Waals surface area contributed by atoms with Crippen molar-refractivity contribution in [2.75, 3.05) is 13.1 Å². The molecular formula is C20H21F3N2O2. The normalized spacial score (nSPS) is 15.6. The number of nitrogens with zero attached hydrogens (tertiary/aromatic N) is 2. The summed E-state index contributed by atoms with van der Waals surface area (Å²) >= 11 is 0. The third-order valence-corrected chi connectivity index (χ3v) is 4.28. The molecule has 0 bridgehead atoms. The molecule has 4 nitrogen and oxygen atoms in total. The minimum Gasteiger partial charge on any atom is -0.444 e. The molecule has 0 N–H and O–H groups in total. The van der Waals surface area contributed by atoms with Gasteiger partial charge in [0.1, 0.15) is 5.60 Å². The van der Waals surface area contributed by atoms with Crippen molar-refractivity contribution in [1.82, 2.24) is 9.88 Å². The first-order valence-corrected chi connectivity index (χ1v) is 8.68. The van der Waals surface area contributed by atoms with Crippen LogP contribution in [0.15, 0.2) is 36.5 Å².